The lowest BCUT2D eigenvalue weighted by Gasteiger charge is -2.29. The molecule has 1 saturated carbocycles. The molecule has 0 bridgehead atoms. The topological polar surface area (TPSA) is 0 Å². The summed E-state index contributed by atoms with van der Waals surface area (Å²) in [6, 6.07) is 9.78. The van der Waals surface area contributed by atoms with Crippen molar-refractivity contribution in [1.29, 1.82) is 0 Å². The molecular weight excluding hydrogens is 372 g/mol. The van der Waals surface area contributed by atoms with E-state index in [0.717, 1.165) is 17.8 Å². The first-order valence-corrected chi connectivity index (χ1v) is 14.1. The van der Waals surface area contributed by atoms with Gasteiger partial charge in [0.15, 0.2) is 0 Å². The van der Waals surface area contributed by atoms with E-state index in [-0.39, 0.29) is 0 Å². The summed E-state index contributed by atoms with van der Waals surface area (Å²) in [4.78, 5) is 0. The van der Waals surface area contributed by atoms with Crippen LogP contribution in [-0.2, 0) is 0 Å². The maximum atomic E-state index is 2.55. The molecule has 1 unspecified atom stereocenters. The SMILES string of the molecule is CCCCCCCCCC1CCC(c2ccc(C3=CCC(CCCC)CC3)cc2)CC1. The highest BCUT2D eigenvalue weighted by atomic mass is 14.3. The van der Waals surface area contributed by atoms with Crippen molar-refractivity contribution in [3.8, 4) is 0 Å². The van der Waals surface area contributed by atoms with E-state index in [1.807, 2.05) is 0 Å². The third-order valence-electron chi connectivity index (χ3n) is 8.30. The number of unbranched alkanes of at least 4 members (excludes halogenated alkanes) is 7. The Hall–Kier alpha value is -1.04. The van der Waals surface area contributed by atoms with Crippen molar-refractivity contribution in [2.45, 2.75) is 135 Å². The minimum absolute atomic E-state index is 0.818. The molecule has 0 heterocycles. The van der Waals surface area contributed by atoms with Crippen LogP contribution in [0.5, 0.6) is 0 Å². The molecule has 1 fully saturated rings. The van der Waals surface area contributed by atoms with Crippen LogP contribution in [0.2, 0.25) is 0 Å². The average molecular weight is 423 g/mol. The van der Waals surface area contributed by atoms with Gasteiger partial charge in [-0.15, -0.1) is 0 Å². The van der Waals surface area contributed by atoms with Crippen LogP contribution in [-0.4, -0.2) is 0 Å². The van der Waals surface area contributed by atoms with E-state index in [1.165, 1.54) is 121 Å². The molecular formula is C31H50. The molecule has 0 nitrogen and oxygen atoms in total. The predicted octanol–water partition coefficient (Wildman–Crippen LogP) is 10.5. The molecule has 0 saturated heterocycles. The molecule has 1 atom stereocenters. The number of hydrogen-bond donors (Lipinski definition) is 0. The van der Waals surface area contributed by atoms with Crippen molar-refractivity contribution < 1.29 is 0 Å². The van der Waals surface area contributed by atoms with Gasteiger partial charge in [-0.05, 0) is 79.4 Å². The van der Waals surface area contributed by atoms with Crippen molar-refractivity contribution in [1.82, 2.24) is 0 Å². The smallest absolute Gasteiger partial charge is 0.0162 e. The lowest BCUT2D eigenvalue weighted by atomic mass is 9.76. The third-order valence-corrected chi connectivity index (χ3v) is 8.30. The van der Waals surface area contributed by atoms with Crippen LogP contribution >= 0.6 is 0 Å². The lowest BCUT2D eigenvalue weighted by molar-refractivity contribution is 0.302. The van der Waals surface area contributed by atoms with E-state index in [9.17, 15) is 0 Å². The van der Waals surface area contributed by atoms with Crippen LogP contribution in [0.25, 0.3) is 5.57 Å². The number of benzene rings is 1. The van der Waals surface area contributed by atoms with Gasteiger partial charge in [-0.3, -0.25) is 0 Å². The molecule has 0 aromatic heterocycles. The van der Waals surface area contributed by atoms with Gasteiger partial charge in [-0.25, -0.2) is 0 Å². The molecule has 174 valence electrons. The van der Waals surface area contributed by atoms with Gasteiger partial charge in [0.05, 0.1) is 0 Å². The maximum Gasteiger partial charge on any atom is -0.0162 e. The van der Waals surface area contributed by atoms with Gasteiger partial charge in [-0.2, -0.15) is 0 Å². The van der Waals surface area contributed by atoms with Crippen molar-refractivity contribution >= 4 is 5.57 Å². The lowest BCUT2D eigenvalue weighted by Crippen LogP contribution is -2.13. The Morgan fingerprint density at radius 3 is 1.94 bits per heavy atom. The normalized spacial score (nSPS) is 24.2. The molecule has 0 N–H and O–H groups in total. The molecule has 31 heavy (non-hydrogen) atoms. The van der Waals surface area contributed by atoms with E-state index < -0.39 is 0 Å². The summed E-state index contributed by atoms with van der Waals surface area (Å²) < 4.78 is 0. The molecule has 0 spiro atoms. The zero-order valence-corrected chi connectivity index (χ0v) is 20.8. The first-order chi connectivity index (χ1) is 15.3. The molecule has 1 aromatic rings. The predicted molar refractivity (Wildman–Crippen MR) is 139 cm³/mol. The second-order valence-electron chi connectivity index (χ2n) is 10.8. The Labute approximate surface area is 194 Å². The van der Waals surface area contributed by atoms with Gasteiger partial charge in [0.1, 0.15) is 0 Å². The van der Waals surface area contributed by atoms with E-state index in [4.69, 9.17) is 0 Å². The van der Waals surface area contributed by atoms with Crippen LogP contribution in [0.1, 0.15) is 146 Å². The van der Waals surface area contributed by atoms with Gasteiger partial charge >= 0.3 is 0 Å². The highest BCUT2D eigenvalue weighted by molar-refractivity contribution is 5.66. The highest BCUT2D eigenvalue weighted by Gasteiger charge is 2.22. The molecule has 3 rings (SSSR count). The van der Waals surface area contributed by atoms with Crippen LogP contribution in [0.4, 0.5) is 0 Å². The summed E-state index contributed by atoms with van der Waals surface area (Å²) in [6.45, 7) is 4.62. The summed E-state index contributed by atoms with van der Waals surface area (Å²) in [7, 11) is 0. The van der Waals surface area contributed by atoms with Crippen LogP contribution in [0.3, 0.4) is 0 Å². The summed E-state index contributed by atoms with van der Waals surface area (Å²) >= 11 is 0. The average Bonchev–Trinajstić information content (AvgIpc) is 2.83. The number of hydrogen-bond acceptors (Lipinski definition) is 0. The Morgan fingerprint density at radius 2 is 1.29 bits per heavy atom. The van der Waals surface area contributed by atoms with Crippen molar-refractivity contribution in [3.63, 3.8) is 0 Å². The van der Waals surface area contributed by atoms with Crippen LogP contribution in [0.15, 0.2) is 30.3 Å². The van der Waals surface area contributed by atoms with Gasteiger partial charge in [-0.1, -0.05) is 115 Å². The number of rotatable bonds is 13. The minimum Gasteiger partial charge on any atom is -0.0804 e. The van der Waals surface area contributed by atoms with Gasteiger partial charge in [0.25, 0.3) is 0 Å². The van der Waals surface area contributed by atoms with Crippen molar-refractivity contribution in [2.75, 3.05) is 0 Å². The fourth-order valence-electron chi connectivity index (χ4n) is 6.05. The third kappa shape index (κ3) is 8.43. The molecule has 0 radical (unpaired) electrons. The summed E-state index contributed by atoms with van der Waals surface area (Å²) in [5.74, 6) is 2.77. The standard InChI is InChI=1S/C31H50/c1-3-5-7-8-9-10-11-13-27-16-20-29(21-17-27)31-24-22-30(23-25-31)28-18-14-26(15-19-28)12-6-4-2/h18,22-27,29H,3-17,19-21H2,1-2H3. The zero-order chi connectivity index (χ0) is 21.7. The fourth-order valence-corrected chi connectivity index (χ4v) is 6.05. The zero-order valence-electron chi connectivity index (χ0n) is 20.8. The van der Waals surface area contributed by atoms with Gasteiger partial charge < -0.3 is 0 Å². The second-order valence-corrected chi connectivity index (χ2v) is 10.8. The summed E-state index contributed by atoms with van der Waals surface area (Å²) in [5, 5.41) is 0. The molecule has 0 heteroatoms. The van der Waals surface area contributed by atoms with Gasteiger partial charge in [0, 0.05) is 0 Å². The minimum atomic E-state index is 0.818. The Kier molecular flexibility index (Phi) is 11.3. The van der Waals surface area contributed by atoms with E-state index in [1.54, 1.807) is 11.1 Å². The Bertz CT molecular complexity index is 614. The number of allylic oxidation sites excluding steroid dienone is 2. The highest BCUT2D eigenvalue weighted by Crippen LogP contribution is 2.39. The van der Waals surface area contributed by atoms with E-state index >= 15 is 0 Å². The van der Waals surface area contributed by atoms with Crippen molar-refractivity contribution in [2.24, 2.45) is 11.8 Å². The summed E-state index contributed by atoms with van der Waals surface area (Å²) in [6.07, 6.45) is 28.1. The maximum absolute atomic E-state index is 2.55. The summed E-state index contributed by atoms with van der Waals surface area (Å²) in [5.41, 5.74) is 4.71. The quantitative estimate of drug-likeness (QED) is 0.277. The van der Waals surface area contributed by atoms with E-state index in [2.05, 4.69) is 44.2 Å². The monoisotopic (exact) mass is 422 g/mol. The second kappa shape index (κ2) is 14.2. The molecule has 2 aliphatic rings. The first-order valence-electron chi connectivity index (χ1n) is 14.1. The van der Waals surface area contributed by atoms with Crippen LogP contribution in [0, 0.1) is 11.8 Å². The Morgan fingerprint density at radius 1 is 0.645 bits per heavy atom. The van der Waals surface area contributed by atoms with Crippen LogP contribution < -0.4 is 0 Å². The molecule has 0 aliphatic heterocycles. The van der Waals surface area contributed by atoms with E-state index in [0.29, 0.717) is 0 Å². The molecule has 2 aliphatic carbocycles. The van der Waals surface area contributed by atoms with Gasteiger partial charge in [0.2, 0.25) is 0 Å². The Balaban J connectivity index is 1.35. The molecule has 0 amide bonds. The van der Waals surface area contributed by atoms with Crippen molar-refractivity contribution in [3.05, 3.63) is 41.5 Å². The molecule has 1 aromatic carbocycles. The largest absolute Gasteiger partial charge is 0.0804 e. The fraction of sp³-hybridized carbons (Fsp3) is 0.742. The first kappa shape index (κ1) is 24.6.